The first kappa shape index (κ1) is 21.3. The van der Waals surface area contributed by atoms with Crippen molar-refractivity contribution in [2.24, 2.45) is 11.8 Å². The summed E-state index contributed by atoms with van der Waals surface area (Å²) in [6.45, 7) is 2.30. The van der Waals surface area contributed by atoms with Crippen LogP contribution in [0.3, 0.4) is 0 Å². The summed E-state index contributed by atoms with van der Waals surface area (Å²) < 4.78 is 1.08. The fourth-order valence-electron chi connectivity index (χ4n) is 4.31. The van der Waals surface area contributed by atoms with Crippen molar-refractivity contribution in [3.8, 4) is 11.3 Å². The Kier molecular flexibility index (Phi) is 7.00. The Morgan fingerprint density at radius 1 is 1.07 bits per heavy atom. The zero-order valence-electron chi connectivity index (χ0n) is 17.2. The molecule has 0 aliphatic heterocycles. The third-order valence-corrected chi connectivity index (χ3v) is 7.76. The molecule has 3 nitrogen and oxygen atoms in total. The van der Waals surface area contributed by atoms with Crippen LogP contribution >= 0.6 is 27.3 Å². The Balaban J connectivity index is 1.37. The van der Waals surface area contributed by atoms with Gasteiger partial charge in [0.25, 0.3) is 0 Å². The smallest absolute Gasteiger partial charge is 0.227 e. The topological polar surface area (TPSA) is 42.0 Å². The number of aromatic nitrogens is 1. The molecule has 3 unspecified atom stereocenters. The average molecular weight is 483 g/mol. The van der Waals surface area contributed by atoms with Crippen LogP contribution in [0.5, 0.6) is 0 Å². The Hall–Kier alpha value is -1.98. The van der Waals surface area contributed by atoms with E-state index in [1.165, 1.54) is 11.4 Å². The first-order valence-electron chi connectivity index (χ1n) is 10.7. The number of rotatable bonds is 5. The van der Waals surface area contributed by atoms with Crippen LogP contribution in [0.15, 0.2) is 64.5 Å². The Morgan fingerprint density at radius 3 is 2.60 bits per heavy atom. The molecule has 1 N–H and O–H groups in total. The lowest BCUT2D eigenvalue weighted by Gasteiger charge is -2.20. The normalized spacial score (nSPS) is 20.3. The number of carbonyl (C=O) groups is 1. The van der Waals surface area contributed by atoms with Crippen LogP contribution in [0.25, 0.3) is 11.3 Å². The minimum Gasteiger partial charge on any atom is -0.326 e. The molecule has 0 bridgehead atoms. The number of hydrogen-bond acceptors (Lipinski definition) is 3. The molecule has 2 aromatic carbocycles. The molecular weight excluding hydrogens is 456 g/mol. The number of amides is 1. The van der Waals surface area contributed by atoms with E-state index in [2.05, 4.69) is 57.8 Å². The van der Waals surface area contributed by atoms with E-state index >= 15 is 0 Å². The summed E-state index contributed by atoms with van der Waals surface area (Å²) in [7, 11) is 0. The lowest BCUT2D eigenvalue weighted by Crippen LogP contribution is -2.22. The lowest BCUT2D eigenvalue weighted by atomic mass is 9.87. The highest BCUT2D eigenvalue weighted by molar-refractivity contribution is 9.10. The zero-order chi connectivity index (χ0) is 20.9. The van der Waals surface area contributed by atoms with Gasteiger partial charge in [0.1, 0.15) is 0 Å². The number of nitrogens with zero attached hydrogens (tertiary/aromatic N) is 1. The highest BCUT2D eigenvalue weighted by Gasteiger charge is 2.28. The van der Waals surface area contributed by atoms with Crippen molar-refractivity contribution < 1.29 is 4.79 Å². The molecule has 30 heavy (non-hydrogen) atoms. The third-order valence-electron chi connectivity index (χ3n) is 6.18. The predicted octanol–water partition coefficient (Wildman–Crippen LogP) is 7.51. The van der Waals surface area contributed by atoms with Gasteiger partial charge in [0, 0.05) is 32.9 Å². The number of halogens is 1. The summed E-state index contributed by atoms with van der Waals surface area (Å²) in [5.74, 6) is 1.29. The van der Waals surface area contributed by atoms with Crippen molar-refractivity contribution in [3.63, 3.8) is 0 Å². The number of nitrogens with one attached hydrogen (secondary N) is 1. The average Bonchev–Trinajstić information content (AvgIpc) is 3.12. The molecule has 0 spiro atoms. The van der Waals surface area contributed by atoms with Gasteiger partial charge in [-0.15, -0.1) is 11.3 Å². The molecule has 1 saturated carbocycles. The molecule has 4 rings (SSSR count). The molecule has 3 atom stereocenters. The Labute approximate surface area is 191 Å². The van der Waals surface area contributed by atoms with Gasteiger partial charge in [-0.2, -0.15) is 0 Å². The molecule has 1 aromatic heterocycles. The molecule has 5 heteroatoms. The van der Waals surface area contributed by atoms with Crippen molar-refractivity contribution in [2.45, 2.75) is 44.9 Å². The predicted molar refractivity (Wildman–Crippen MR) is 129 cm³/mol. The SMILES string of the molecule is CC(c1nc(-c2ccc(Br)cc2)cs1)C1CCCC(C(=O)Nc2ccccc2)CC1. The van der Waals surface area contributed by atoms with Crippen LogP contribution < -0.4 is 5.32 Å². The maximum Gasteiger partial charge on any atom is 0.227 e. The van der Waals surface area contributed by atoms with Crippen molar-refractivity contribution in [1.82, 2.24) is 4.98 Å². The molecule has 1 heterocycles. The maximum atomic E-state index is 12.7. The fraction of sp³-hybridized carbons (Fsp3) is 0.360. The van der Waals surface area contributed by atoms with Gasteiger partial charge in [0.15, 0.2) is 0 Å². The maximum absolute atomic E-state index is 12.7. The molecule has 1 fully saturated rings. The van der Waals surface area contributed by atoms with E-state index in [4.69, 9.17) is 4.98 Å². The van der Waals surface area contributed by atoms with Gasteiger partial charge < -0.3 is 5.32 Å². The zero-order valence-corrected chi connectivity index (χ0v) is 19.6. The monoisotopic (exact) mass is 482 g/mol. The standard InChI is InChI=1S/C25H27BrN2OS/c1-17(25-28-23(16-30-25)19-12-14-21(26)15-13-19)18-6-5-7-20(11-10-18)24(29)27-22-8-3-2-4-9-22/h2-4,8-9,12-18,20H,5-7,10-11H2,1H3,(H,27,29). The van der Waals surface area contributed by atoms with Gasteiger partial charge in [-0.1, -0.05) is 59.6 Å². The number of carbonyl (C=O) groups excluding carboxylic acids is 1. The van der Waals surface area contributed by atoms with Gasteiger partial charge in [-0.25, -0.2) is 4.98 Å². The largest absolute Gasteiger partial charge is 0.326 e. The molecule has 1 aliphatic carbocycles. The number of para-hydroxylation sites is 1. The molecule has 0 radical (unpaired) electrons. The molecule has 1 aliphatic rings. The van der Waals surface area contributed by atoms with E-state index in [1.54, 1.807) is 11.3 Å². The van der Waals surface area contributed by atoms with Gasteiger partial charge in [-0.3, -0.25) is 4.79 Å². The first-order chi connectivity index (χ1) is 14.6. The number of thiazole rings is 1. The van der Waals surface area contributed by atoms with E-state index < -0.39 is 0 Å². The Morgan fingerprint density at radius 2 is 1.83 bits per heavy atom. The van der Waals surface area contributed by atoms with E-state index in [0.29, 0.717) is 11.8 Å². The van der Waals surface area contributed by atoms with Gasteiger partial charge in [-0.05, 0) is 55.9 Å². The quantitative estimate of drug-likeness (QED) is 0.382. The van der Waals surface area contributed by atoms with Crippen molar-refractivity contribution in [3.05, 3.63) is 69.5 Å². The highest BCUT2D eigenvalue weighted by atomic mass is 79.9. The second-order valence-corrected chi connectivity index (χ2v) is 9.99. The number of hydrogen-bond donors (Lipinski definition) is 1. The molecular formula is C25H27BrN2OS. The molecule has 1 amide bonds. The molecule has 3 aromatic rings. The van der Waals surface area contributed by atoms with Crippen LogP contribution in [-0.2, 0) is 4.79 Å². The van der Waals surface area contributed by atoms with E-state index in [1.807, 2.05) is 30.3 Å². The van der Waals surface area contributed by atoms with Crippen LogP contribution in [0.1, 0.15) is 50.0 Å². The summed E-state index contributed by atoms with van der Waals surface area (Å²) in [5.41, 5.74) is 3.11. The third kappa shape index (κ3) is 5.19. The summed E-state index contributed by atoms with van der Waals surface area (Å²) >= 11 is 5.26. The second-order valence-electron chi connectivity index (χ2n) is 8.19. The van der Waals surface area contributed by atoms with Gasteiger partial charge >= 0.3 is 0 Å². The summed E-state index contributed by atoms with van der Waals surface area (Å²) in [4.78, 5) is 17.7. The minimum absolute atomic E-state index is 0.108. The van der Waals surface area contributed by atoms with Crippen molar-refractivity contribution in [1.29, 1.82) is 0 Å². The van der Waals surface area contributed by atoms with Crippen LogP contribution in [-0.4, -0.2) is 10.9 Å². The highest BCUT2D eigenvalue weighted by Crippen LogP contribution is 2.39. The lowest BCUT2D eigenvalue weighted by molar-refractivity contribution is -0.120. The summed E-state index contributed by atoms with van der Waals surface area (Å²) in [5, 5.41) is 6.47. The van der Waals surface area contributed by atoms with E-state index in [0.717, 1.165) is 47.1 Å². The first-order valence-corrected chi connectivity index (χ1v) is 12.3. The fourth-order valence-corrected chi connectivity index (χ4v) is 5.55. The van der Waals surface area contributed by atoms with Gasteiger partial charge in [0.05, 0.1) is 10.7 Å². The number of benzene rings is 2. The van der Waals surface area contributed by atoms with Crippen LogP contribution in [0.2, 0.25) is 0 Å². The van der Waals surface area contributed by atoms with Crippen LogP contribution in [0, 0.1) is 11.8 Å². The second kappa shape index (κ2) is 9.88. The Bertz CT molecular complexity index is 970. The van der Waals surface area contributed by atoms with Gasteiger partial charge in [0.2, 0.25) is 5.91 Å². The number of anilines is 1. The van der Waals surface area contributed by atoms with E-state index in [-0.39, 0.29) is 11.8 Å². The van der Waals surface area contributed by atoms with Crippen LogP contribution in [0.4, 0.5) is 5.69 Å². The summed E-state index contributed by atoms with van der Waals surface area (Å²) in [6, 6.07) is 18.1. The van der Waals surface area contributed by atoms with Crippen molar-refractivity contribution >= 4 is 38.9 Å². The summed E-state index contributed by atoms with van der Waals surface area (Å²) in [6.07, 6.45) is 5.29. The minimum atomic E-state index is 0.108. The van der Waals surface area contributed by atoms with E-state index in [9.17, 15) is 4.79 Å². The molecule has 0 saturated heterocycles. The van der Waals surface area contributed by atoms with Crippen molar-refractivity contribution in [2.75, 3.05) is 5.32 Å². The molecule has 156 valence electrons.